The molecule has 0 spiro atoms. The zero-order valence-electron chi connectivity index (χ0n) is 12.0. The first-order valence-corrected chi connectivity index (χ1v) is 7.14. The predicted molar refractivity (Wildman–Crippen MR) is 81.4 cm³/mol. The van der Waals surface area contributed by atoms with Gasteiger partial charge in [0, 0.05) is 13.6 Å². The van der Waals surface area contributed by atoms with Crippen LogP contribution < -0.4 is 10.6 Å². The quantitative estimate of drug-likeness (QED) is 0.777. The van der Waals surface area contributed by atoms with E-state index < -0.39 is 5.97 Å². The molecule has 2 rings (SSSR count). The zero-order valence-corrected chi connectivity index (χ0v) is 12.0. The summed E-state index contributed by atoms with van der Waals surface area (Å²) in [6.07, 6.45) is 3.73. The summed E-state index contributed by atoms with van der Waals surface area (Å²) in [6, 6.07) is 4.91. The molecule has 1 aromatic carbocycles. The summed E-state index contributed by atoms with van der Waals surface area (Å²) < 4.78 is 0. The molecule has 1 fully saturated rings. The molecule has 0 aromatic heterocycles. The molecule has 0 unspecified atom stereocenters. The third kappa shape index (κ3) is 3.63. The van der Waals surface area contributed by atoms with Crippen LogP contribution in [0, 0.1) is 0 Å². The van der Waals surface area contributed by atoms with Gasteiger partial charge in [-0.1, -0.05) is 0 Å². The number of rotatable bonds is 6. The van der Waals surface area contributed by atoms with Gasteiger partial charge in [-0.2, -0.15) is 0 Å². The molecule has 0 amide bonds. The average molecular weight is 277 g/mol. The highest BCUT2D eigenvalue weighted by Gasteiger charge is 2.12. The van der Waals surface area contributed by atoms with Crippen LogP contribution >= 0.6 is 0 Å². The van der Waals surface area contributed by atoms with Crippen molar-refractivity contribution < 1.29 is 9.90 Å². The van der Waals surface area contributed by atoms with Gasteiger partial charge in [0.25, 0.3) is 0 Å². The molecule has 110 valence electrons. The van der Waals surface area contributed by atoms with E-state index in [1.54, 1.807) is 12.1 Å². The number of carboxylic acid groups (broad SMARTS) is 1. The molecule has 0 atom stereocenters. The number of hydrogen-bond donors (Lipinski definition) is 2. The number of aromatic carboxylic acids is 1. The summed E-state index contributed by atoms with van der Waals surface area (Å²) in [6.45, 7) is 4.49. The Morgan fingerprint density at radius 1 is 1.40 bits per heavy atom. The lowest BCUT2D eigenvalue weighted by molar-refractivity contribution is 0.0697. The van der Waals surface area contributed by atoms with E-state index in [2.05, 4.69) is 9.80 Å². The van der Waals surface area contributed by atoms with E-state index in [4.69, 9.17) is 10.8 Å². The van der Waals surface area contributed by atoms with Crippen LogP contribution in [-0.4, -0.2) is 49.2 Å². The van der Waals surface area contributed by atoms with Crippen molar-refractivity contribution in [1.29, 1.82) is 0 Å². The normalized spacial score (nSPS) is 15.4. The molecule has 1 aliphatic heterocycles. The molecule has 5 nitrogen and oxygen atoms in total. The number of hydrogen-bond acceptors (Lipinski definition) is 4. The minimum atomic E-state index is -0.945. The predicted octanol–water partition coefficient (Wildman–Crippen LogP) is 1.89. The first kappa shape index (κ1) is 14.7. The molecular formula is C15H23N3O2. The van der Waals surface area contributed by atoms with Crippen molar-refractivity contribution in [2.45, 2.75) is 19.3 Å². The highest BCUT2D eigenvalue weighted by atomic mass is 16.4. The first-order chi connectivity index (χ1) is 9.58. The van der Waals surface area contributed by atoms with E-state index >= 15 is 0 Å². The Morgan fingerprint density at radius 3 is 2.70 bits per heavy atom. The van der Waals surface area contributed by atoms with Gasteiger partial charge in [0.05, 0.1) is 16.9 Å². The van der Waals surface area contributed by atoms with Gasteiger partial charge >= 0.3 is 5.97 Å². The van der Waals surface area contributed by atoms with E-state index in [0.29, 0.717) is 5.69 Å². The van der Waals surface area contributed by atoms with Crippen LogP contribution in [0.3, 0.4) is 0 Å². The Bertz CT molecular complexity index is 470. The second-order valence-electron chi connectivity index (χ2n) is 5.40. The molecule has 1 saturated heterocycles. The van der Waals surface area contributed by atoms with Gasteiger partial charge in [0.15, 0.2) is 0 Å². The molecule has 1 aliphatic rings. The highest BCUT2D eigenvalue weighted by molar-refractivity contribution is 5.90. The molecule has 0 bridgehead atoms. The smallest absolute Gasteiger partial charge is 0.335 e. The average Bonchev–Trinajstić information content (AvgIpc) is 2.91. The van der Waals surface area contributed by atoms with Crippen LogP contribution in [0.25, 0.3) is 0 Å². The largest absolute Gasteiger partial charge is 0.478 e. The van der Waals surface area contributed by atoms with E-state index in [1.807, 2.05) is 7.05 Å². The zero-order chi connectivity index (χ0) is 14.5. The van der Waals surface area contributed by atoms with Crippen molar-refractivity contribution >= 4 is 17.3 Å². The standard InChI is InChI=1S/C15H23N3O2/c1-17(7-4-10-18-8-2-3-9-18)14-6-5-12(15(19)20)11-13(14)16/h5-6,11H,2-4,7-10,16H2,1H3,(H,19,20). The van der Waals surface area contributed by atoms with Crippen LogP contribution in [-0.2, 0) is 0 Å². The van der Waals surface area contributed by atoms with Crippen LogP contribution in [0.5, 0.6) is 0 Å². The molecule has 1 aromatic rings. The Labute approximate surface area is 120 Å². The minimum Gasteiger partial charge on any atom is -0.478 e. The number of nitrogen functional groups attached to an aromatic ring is 1. The number of nitrogens with zero attached hydrogens (tertiary/aromatic N) is 2. The number of benzene rings is 1. The molecule has 0 aliphatic carbocycles. The van der Waals surface area contributed by atoms with Crippen molar-refractivity contribution in [2.75, 3.05) is 43.9 Å². The third-order valence-corrected chi connectivity index (χ3v) is 3.85. The monoisotopic (exact) mass is 277 g/mol. The maximum Gasteiger partial charge on any atom is 0.335 e. The SMILES string of the molecule is CN(CCCN1CCCC1)c1ccc(C(=O)O)cc1N. The fraction of sp³-hybridized carbons (Fsp3) is 0.533. The lowest BCUT2D eigenvalue weighted by Gasteiger charge is -2.23. The highest BCUT2D eigenvalue weighted by Crippen LogP contribution is 2.23. The number of nitrogens with two attached hydrogens (primary N) is 1. The van der Waals surface area contributed by atoms with Crippen molar-refractivity contribution in [2.24, 2.45) is 0 Å². The molecular weight excluding hydrogens is 254 g/mol. The molecule has 3 N–H and O–H groups in total. The van der Waals surface area contributed by atoms with E-state index in [0.717, 1.165) is 25.2 Å². The maximum absolute atomic E-state index is 10.9. The van der Waals surface area contributed by atoms with Gasteiger partial charge in [-0.05, 0) is 57.1 Å². The Morgan fingerprint density at radius 2 is 2.10 bits per heavy atom. The Kier molecular flexibility index (Phi) is 4.84. The molecule has 20 heavy (non-hydrogen) atoms. The second kappa shape index (κ2) is 6.61. The van der Waals surface area contributed by atoms with Crippen LogP contribution in [0.1, 0.15) is 29.6 Å². The van der Waals surface area contributed by atoms with E-state index in [-0.39, 0.29) is 5.56 Å². The summed E-state index contributed by atoms with van der Waals surface area (Å²) in [5, 5.41) is 8.93. The lowest BCUT2D eigenvalue weighted by atomic mass is 10.1. The molecule has 0 saturated carbocycles. The van der Waals surface area contributed by atoms with E-state index in [9.17, 15) is 4.79 Å². The Balaban J connectivity index is 1.88. The first-order valence-electron chi connectivity index (χ1n) is 7.14. The Hall–Kier alpha value is -1.75. The number of likely N-dealkylation sites (tertiary alicyclic amines) is 1. The summed E-state index contributed by atoms with van der Waals surface area (Å²) in [4.78, 5) is 15.5. The van der Waals surface area contributed by atoms with Crippen LogP contribution in [0.4, 0.5) is 11.4 Å². The maximum atomic E-state index is 10.9. The van der Waals surface area contributed by atoms with Gasteiger partial charge in [0.2, 0.25) is 0 Å². The number of carbonyl (C=O) groups is 1. The number of anilines is 2. The van der Waals surface area contributed by atoms with Gasteiger partial charge in [-0.3, -0.25) is 0 Å². The summed E-state index contributed by atoms with van der Waals surface area (Å²) >= 11 is 0. The van der Waals surface area contributed by atoms with Crippen molar-refractivity contribution in [3.63, 3.8) is 0 Å². The van der Waals surface area contributed by atoms with Gasteiger partial charge < -0.3 is 20.6 Å². The van der Waals surface area contributed by atoms with Crippen LogP contribution in [0.2, 0.25) is 0 Å². The molecule has 5 heteroatoms. The van der Waals surface area contributed by atoms with Crippen molar-refractivity contribution in [3.05, 3.63) is 23.8 Å². The third-order valence-electron chi connectivity index (χ3n) is 3.85. The number of carboxylic acids is 1. The summed E-state index contributed by atoms with van der Waals surface area (Å²) in [5.41, 5.74) is 7.59. The van der Waals surface area contributed by atoms with Crippen molar-refractivity contribution in [3.8, 4) is 0 Å². The van der Waals surface area contributed by atoms with E-state index in [1.165, 1.54) is 32.0 Å². The van der Waals surface area contributed by atoms with Gasteiger partial charge in [0.1, 0.15) is 0 Å². The summed E-state index contributed by atoms with van der Waals surface area (Å²) in [7, 11) is 2.00. The van der Waals surface area contributed by atoms with Gasteiger partial charge in [-0.15, -0.1) is 0 Å². The molecule has 1 heterocycles. The lowest BCUT2D eigenvalue weighted by Crippen LogP contribution is -2.26. The van der Waals surface area contributed by atoms with Crippen LogP contribution in [0.15, 0.2) is 18.2 Å². The molecule has 0 radical (unpaired) electrons. The second-order valence-corrected chi connectivity index (χ2v) is 5.40. The fourth-order valence-corrected chi connectivity index (χ4v) is 2.69. The topological polar surface area (TPSA) is 69.8 Å². The van der Waals surface area contributed by atoms with Gasteiger partial charge in [-0.25, -0.2) is 4.79 Å². The summed E-state index contributed by atoms with van der Waals surface area (Å²) in [5.74, 6) is -0.945. The fourth-order valence-electron chi connectivity index (χ4n) is 2.69. The minimum absolute atomic E-state index is 0.233. The van der Waals surface area contributed by atoms with Crippen molar-refractivity contribution in [1.82, 2.24) is 4.90 Å².